The predicted octanol–water partition coefficient (Wildman–Crippen LogP) is 1.95. The summed E-state index contributed by atoms with van der Waals surface area (Å²) in [6.07, 6.45) is 8.17. The highest BCUT2D eigenvalue weighted by atomic mass is 16.1. The Morgan fingerprint density at radius 3 is 2.90 bits per heavy atom. The van der Waals surface area contributed by atoms with Crippen molar-refractivity contribution in [3.63, 3.8) is 0 Å². The molecule has 1 aromatic heterocycles. The lowest BCUT2D eigenvalue weighted by Gasteiger charge is -2.26. The summed E-state index contributed by atoms with van der Waals surface area (Å²) in [5.41, 5.74) is 6.59. The van der Waals surface area contributed by atoms with E-state index in [9.17, 15) is 4.79 Å². The Balaban J connectivity index is 1.94. The first-order chi connectivity index (χ1) is 10.2. The molecule has 3 N–H and O–H groups in total. The third-order valence-corrected chi connectivity index (χ3v) is 4.08. The van der Waals surface area contributed by atoms with Gasteiger partial charge in [0.25, 0.3) is 5.91 Å². The van der Waals surface area contributed by atoms with Crippen molar-refractivity contribution in [2.24, 2.45) is 17.6 Å². The average Bonchev–Trinajstić information content (AvgIpc) is 2.52. The Morgan fingerprint density at radius 1 is 1.43 bits per heavy atom. The summed E-state index contributed by atoms with van der Waals surface area (Å²) < 4.78 is 0. The van der Waals surface area contributed by atoms with Crippen LogP contribution in [0.2, 0.25) is 0 Å². The van der Waals surface area contributed by atoms with E-state index in [2.05, 4.69) is 29.1 Å². The van der Waals surface area contributed by atoms with E-state index >= 15 is 0 Å². The Labute approximate surface area is 126 Å². The summed E-state index contributed by atoms with van der Waals surface area (Å²) in [6, 6.07) is 1.71. The molecular formula is C17H23N3O. The minimum Gasteiger partial charge on any atom is -0.352 e. The van der Waals surface area contributed by atoms with Gasteiger partial charge in [0, 0.05) is 18.9 Å². The molecule has 4 nitrogen and oxygen atoms in total. The van der Waals surface area contributed by atoms with E-state index in [0.717, 1.165) is 12.5 Å². The third-order valence-electron chi connectivity index (χ3n) is 4.08. The lowest BCUT2D eigenvalue weighted by Crippen LogP contribution is -2.31. The number of carbonyl (C=O) groups is 1. The Hall–Kier alpha value is -1.86. The molecular weight excluding hydrogens is 262 g/mol. The number of carbonyl (C=O) groups excluding carboxylic acids is 1. The summed E-state index contributed by atoms with van der Waals surface area (Å²) in [7, 11) is 0. The van der Waals surface area contributed by atoms with Crippen LogP contribution in [0.5, 0.6) is 0 Å². The van der Waals surface area contributed by atoms with Gasteiger partial charge in [-0.2, -0.15) is 0 Å². The number of nitrogens with zero attached hydrogens (tertiary/aromatic N) is 1. The third kappa shape index (κ3) is 4.57. The molecule has 0 bridgehead atoms. The average molecular weight is 285 g/mol. The van der Waals surface area contributed by atoms with Crippen molar-refractivity contribution in [3.8, 4) is 11.8 Å². The van der Waals surface area contributed by atoms with Crippen molar-refractivity contribution in [2.75, 3.05) is 13.1 Å². The normalized spacial score (nSPS) is 21.2. The van der Waals surface area contributed by atoms with Gasteiger partial charge in [-0.05, 0) is 30.7 Å². The molecule has 2 rings (SSSR count). The van der Waals surface area contributed by atoms with E-state index in [4.69, 9.17) is 5.73 Å². The first-order valence-electron chi connectivity index (χ1n) is 7.62. The highest BCUT2D eigenvalue weighted by Gasteiger charge is 2.19. The predicted molar refractivity (Wildman–Crippen MR) is 83.6 cm³/mol. The second-order valence-electron chi connectivity index (χ2n) is 5.76. The molecule has 0 spiro atoms. The van der Waals surface area contributed by atoms with Crippen molar-refractivity contribution in [3.05, 3.63) is 29.6 Å². The fraction of sp³-hybridized carbons (Fsp3) is 0.529. The number of nitrogens with one attached hydrogen (secondary N) is 1. The van der Waals surface area contributed by atoms with Gasteiger partial charge in [0.05, 0.1) is 17.7 Å². The number of rotatable bonds is 3. The summed E-state index contributed by atoms with van der Waals surface area (Å²) >= 11 is 0. The first-order valence-corrected chi connectivity index (χ1v) is 7.62. The molecule has 1 amide bonds. The molecule has 0 aliphatic heterocycles. The van der Waals surface area contributed by atoms with Gasteiger partial charge in [-0.25, -0.2) is 0 Å². The Bertz CT molecular complexity index is 536. The van der Waals surface area contributed by atoms with Gasteiger partial charge in [-0.1, -0.05) is 31.6 Å². The van der Waals surface area contributed by atoms with Crippen LogP contribution in [0.4, 0.5) is 0 Å². The monoisotopic (exact) mass is 285 g/mol. The number of hydrogen-bond acceptors (Lipinski definition) is 3. The van der Waals surface area contributed by atoms with Gasteiger partial charge in [0.15, 0.2) is 0 Å². The molecule has 21 heavy (non-hydrogen) atoms. The minimum absolute atomic E-state index is 0.0719. The number of nitrogens with two attached hydrogens (primary N) is 1. The van der Waals surface area contributed by atoms with E-state index in [1.807, 2.05) is 0 Å². The lowest BCUT2D eigenvalue weighted by atomic mass is 9.83. The van der Waals surface area contributed by atoms with Crippen molar-refractivity contribution in [1.82, 2.24) is 10.3 Å². The van der Waals surface area contributed by atoms with Gasteiger partial charge in [0.1, 0.15) is 0 Å². The minimum atomic E-state index is -0.0719. The molecule has 4 heteroatoms. The van der Waals surface area contributed by atoms with E-state index in [1.165, 1.54) is 25.7 Å². The van der Waals surface area contributed by atoms with Gasteiger partial charge < -0.3 is 11.1 Å². The van der Waals surface area contributed by atoms with E-state index in [1.54, 1.807) is 18.5 Å². The van der Waals surface area contributed by atoms with Gasteiger partial charge in [-0.3, -0.25) is 9.78 Å². The highest BCUT2D eigenvalue weighted by Crippen LogP contribution is 2.27. The molecule has 112 valence electrons. The number of hydrogen-bond donors (Lipinski definition) is 2. The van der Waals surface area contributed by atoms with E-state index < -0.39 is 0 Å². The first kappa shape index (κ1) is 15.5. The topological polar surface area (TPSA) is 68.0 Å². The quantitative estimate of drug-likeness (QED) is 0.834. The molecule has 1 fully saturated rings. The van der Waals surface area contributed by atoms with Gasteiger partial charge >= 0.3 is 0 Å². The molecule has 1 aliphatic rings. The van der Waals surface area contributed by atoms with Crippen molar-refractivity contribution in [2.45, 2.75) is 32.6 Å². The van der Waals surface area contributed by atoms with Crippen LogP contribution in [-0.4, -0.2) is 24.0 Å². The zero-order valence-electron chi connectivity index (χ0n) is 12.6. The van der Waals surface area contributed by atoms with Gasteiger partial charge in [0.2, 0.25) is 0 Å². The van der Waals surface area contributed by atoms with Crippen molar-refractivity contribution >= 4 is 5.91 Å². The number of aromatic nitrogens is 1. The molecule has 1 aromatic rings. The maximum absolute atomic E-state index is 12.3. The maximum Gasteiger partial charge on any atom is 0.252 e. The molecule has 0 radical (unpaired) electrons. The fourth-order valence-corrected chi connectivity index (χ4v) is 2.70. The van der Waals surface area contributed by atoms with Crippen molar-refractivity contribution < 1.29 is 4.79 Å². The van der Waals surface area contributed by atoms with E-state index in [0.29, 0.717) is 17.0 Å². The molecule has 1 aliphatic carbocycles. The zero-order chi connectivity index (χ0) is 15.1. The van der Waals surface area contributed by atoms with Crippen LogP contribution in [-0.2, 0) is 0 Å². The van der Waals surface area contributed by atoms with Gasteiger partial charge in [-0.15, -0.1) is 0 Å². The molecule has 0 saturated heterocycles. The fourth-order valence-electron chi connectivity index (χ4n) is 2.70. The van der Waals surface area contributed by atoms with E-state index in [-0.39, 0.29) is 12.5 Å². The van der Waals surface area contributed by atoms with Crippen LogP contribution in [0, 0.1) is 23.7 Å². The van der Waals surface area contributed by atoms with Crippen LogP contribution >= 0.6 is 0 Å². The van der Waals surface area contributed by atoms with Crippen LogP contribution in [0.15, 0.2) is 18.5 Å². The molecule has 0 unspecified atom stereocenters. The number of pyridine rings is 1. The smallest absolute Gasteiger partial charge is 0.252 e. The zero-order valence-corrected chi connectivity index (χ0v) is 12.6. The Kier molecular flexibility index (Phi) is 5.77. The molecule has 0 atom stereocenters. The molecule has 0 aromatic carbocycles. The maximum atomic E-state index is 12.3. The molecule has 1 heterocycles. The van der Waals surface area contributed by atoms with Crippen LogP contribution in [0.25, 0.3) is 0 Å². The van der Waals surface area contributed by atoms with Crippen LogP contribution in [0.3, 0.4) is 0 Å². The lowest BCUT2D eigenvalue weighted by molar-refractivity contribution is 0.0941. The van der Waals surface area contributed by atoms with Crippen LogP contribution in [0.1, 0.15) is 48.5 Å². The highest BCUT2D eigenvalue weighted by molar-refractivity contribution is 5.96. The summed E-state index contributed by atoms with van der Waals surface area (Å²) in [6.45, 7) is 3.32. The van der Waals surface area contributed by atoms with Crippen LogP contribution < -0.4 is 11.1 Å². The summed E-state index contributed by atoms with van der Waals surface area (Å²) in [4.78, 5) is 16.3. The second kappa shape index (κ2) is 7.80. The number of amides is 1. The summed E-state index contributed by atoms with van der Waals surface area (Å²) in [5, 5.41) is 3.03. The summed E-state index contributed by atoms with van der Waals surface area (Å²) in [5.74, 6) is 7.03. The SMILES string of the molecule is CC1CCC(CNC(=O)c2ccncc2C#CCN)CC1. The second-order valence-corrected chi connectivity index (χ2v) is 5.76. The van der Waals surface area contributed by atoms with Crippen molar-refractivity contribution in [1.29, 1.82) is 0 Å². The standard InChI is InChI=1S/C17H23N3O/c1-13-4-6-14(7-5-13)11-20-17(21)16-8-10-19-12-15(16)3-2-9-18/h8,10,12-14H,4-7,9,11,18H2,1H3,(H,20,21). The molecule has 1 saturated carbocycles. The Morgan fingerprint density at radius 2 is 2.19 bits per heavy atom. The largest absolute Gasteiger partial charge is 0.352 e.